The van der Waals surface area contributed by atoms with Crippen molar-refractivity contribution in [1.82, 2.24) is 0 Å². The Bertz CT molecular complexity index is 591. The van der Waals surface area contributed by atoms with E-state index in [1.54, 1.807) is 56.5 Å². The van der Waals surface area contributed by atoms with Crippen LogP contribution in [0.3, 0.4) is 0 Å². The van der Waals surface area contributed by atoms with Gasteiger partial charge in [-0.2, -0.15) is 0 Å². The van der Waals surface area contributed by atoms with Crippen LogP contribution in [0.2, 0.25) is 5.02 Å². The molecule has 4 heteroatoms. The van der Waals surface area contributed by atoms with Gasteiger partial charge < -0.3 is 14.9 Å². The number of benzene rings is 2. The number of methoxy groups -OCH3 is 1. The van der Waals surface area contributed by atoms with Crippen LogP contribution in [-0.4, -0.2) is 17.3 Å². The maximum atomic E-state index is 10.7. The van der Waals surface area contributed by atoms with Crippen molar-refractivity contribution in [3.05, 3.63) is 58.6 Å². The molecule has 2 N–H and O–H groups in total. The fraction of sp³-hybridized carbons (Fsp3) is 0.250. The smallest absolute Gasteiger partial charge is 0.122 e. The number of aliphatic hydroxyl groups is 1. The molecular weight excluding hydrogens is 276 g/mol. The summed E-state index contributed by atoms with van der Waals surface area (Å²) in [6.07, 6.45) is 0.363. The van der Waals surface area contributed by atoms with Crippen LogP contribution in [0.25, 0.3) is 0 Å². The molecule has 0 spiro atoms. The highest BCUT2D eigenvalue weighted by Crippen LogP contribution is 2.31. The number of phenols is 1. The van der Waals surface area contributed by atoms with E-state index in [0.717, 1.165) is 11.1 Å². The van der Waals surface area contributed by atoms with Gasteiger partial charge in [0.15, 0.2) is 0 Å². The van der Waals surface area contributed by atoms with Gasteiger partial charge in [0.25, 0.3) is 0 Å². The van der Waals surface area contributed by atoms with E-state index in [2.05, 4.69) is 0 Å². The summed E-state index contributed by atoms with van der Waals surface area (Å²) in [6.45, 7) is 1.72. The molecule has 0 aliphatic carbocycles. The standard InChI is InChI=1S/C16H17ClO3/c1-16(19,12-3-6-14(18)7-4-12)10-11-9-13(17)5-8-15(11)20-2/h3-9,18-19H,10H2,1-2H3. The maximum absolute atomic E-state index is 10.7. The van der Waals surface area contributed by atoms with Gasteiger partial charge in [0.05, 0.1) is 12.7 Å². The Kier molecular flexibility index (Phi) is 4.21. The van der Waals surface area contributed by atoms with Crippen molar-refractivity contribution >= 4 is 11.6 Å². The van der Waals surface area contributed by atoms with Gasteiger partial charge >= 0.3 is 0 Å². The lowest BCUT2D eigenvalue weighted by Gasteiger charge is -2.25. The minimum Gasteiger partial charge on any atom is -0.508 e. The molecule has 0 saturated heterocycles. The second-order valence-corrected chi connectivity index (χ2v) is 5.39. The molecule has 0 saturated carbocycles. The van der Waals surface area contributed by atoms with E-state index in [-0.39, 0.29) is 5.75 Å². The molecule has 20 heavy (non-hydrogen) atoms. The Labute approximate surface area is 123 Å². The lowest BCUT2D eigenvalue weighted by molar-refractivity contribution is 0.0569. The van der Waals surface area contributed by atoms with Crippen LogP contribution >= 0.6 is 11.6 Å². The van der Waals surface area contributed by atoms with E-state index in [1.807, 2.05) is 0 Å². The summed E-state index contributed by atoms with van der Waals surface area (Å²) in [4.78, 5) is 0. The topological polar surface area (TPSA) is 49.7 Å². The van der Waals surface area contributed by atoms with Crippen molar-refractivity contribution in [2.45, 2.75) is 18.9 Å². The first-order valence-electron chi connectivity index (χ1n) is 6.27. The van der Waals surface area contributed by atoms with Crippen LogP contribution in [0.5, 0.6) is 11.5 Å². The van der Waals surface area contributed by atoms with Crippen LogP contribution < -0.4 is 4.74 Å². The third-order valence-corrected chi connectivity index (χ3v) is 3.50. The first kappa shape index (κ1) is 14.7. The Balaban J connectivity index is 2.32. The molecule has 3 nitrogen and oxygen atoms in total. The van der Waals surface area contributed by atoms with Crippen molar-refractivity contribution in [3.63, 3.8) is 0 Å². The first-order chi connectivity index (χ1) is 9.42. The predicted molar refractivity (Wildman–Crippen MR) is 79.4 cm³/mol. The van der Waals surface area contributed by atoms with E-state index in [1.165, 1.54) is 0 Å². The van der Waals surface area contributed by atoms with Crippen molar-refractivity contribution < 1.29 is 14.9 Å². The monoisotopic (exact) mass is 292 g/mol. The van der Waals surface area contributed by atoms with Crippen LogP contribution in [0, 0.1) is 0 Å². The van der Waals surface area contributed by atoms with Gasteiger partial charge in [-0.25, -0.2) is 0 Å². The molecular formula is C16H17ClO3. The van der Waals surface area contributed by atoms with Crippen LogP contribution in [-0.2, 0) is 12.0 Å². The Morgan fingerprint density at radius 2 is 1.80 bits per heavy atom. The summed E-state index contributed by atoms with van der Waals surface area (Å²) in [6, 6.07) is 11.8. The van der Waals surface area contributed by atoms with Crippen molar-refractivity contribution in [3.8, 4) is 11.5 Å². The number of hydrogen-bond acceptors (Lipinski definition) is 3. The van der Waals surface area contributed by atoms with Gasteiger partial charge in [0.2, 0.25) is 0 Å². The molecule has 2 aromatic rings. The van der Waals surface area contributed by atoms with Crippen molar-refractivity contribution in [2.24, 2.45) is 0 Å². The highest BCUT2D eigenvalue weighted by Gasteiger charge is 2.25. The molecule has 0 bridgehead atoms. The van der Waals surface area contributed by atoms with Crippen molar-refractivity contribution in [2.75, 3.05) is 7.11 Å². The number of rotatable bonds is 4. The van der Waals surface area contributed by atoms with E-state index >= 15 is 0 Å². The molecule has 1 unspecified atom stereocenters. The van der Waals surface area contributed by atoms with E-state index in [9.17, 15) is 10.2 Å². The SMILES string of the molecule is COc1ccc(Cl)cc1CC(C)(O)c1ccc(O)cc1. The van der Waals surface area contributed by atoms with Gasteiger partial charge in [0.1, 0.15) is 11.5 Å². The molecule has 0 amide bonds. The van der Waals surface area contributed by atoms with E-state index in [4.69, 9.17) is 16.3 Å². The normalized spacial score (nSPS) is 13.8. The van der Waals surface area contributed by atoms with Gasteiger partial charge in [-0.3, -0.25) is 0 Å². The quantitative estimate of drug-likeness (QED) is 0.907. The zero-order valence-electron chi connectivity index (χ0n) is 11.4. The largest absolute Gasteiger partial charge is 0.508 e. The average Bonchev–Trinajstić information content (AvgIpc) is 2.39. The summed E-state index contributed by atoms with van der Waals surface area (Å²) < 4.78 is 5.29. The lowest BCUT2D eigenvalue weighted by Crippen LogP contribution is -2.24. The number of ether oxygens (including phenoxy) is 1. The third-order valence-electron chi connectivity index (χ3n) is 3.27. The molecule has 2 rings (SSSR count). The fourth-order valence-corrected chi connectivity index (χ4v) is 2.37. The van der Waals surface area contributed by atoms with Crippen LogP contribution in [0.1, 0.15) is 18.1 Å². The lowest BCUT2D eigenvalue weighted by atomic mass is 9.88. The van der Waals surface area contributed by atoms with Gasteiger partial charge in [-0.1, -0.05) is 23.7 Å². The maximum Gasteiger partial charge on any atom is 0.122 e. The minimum absolute atomic E-state index is 0.171. The average molecular weight is 293 g/mol. The minimum atomic E-state index is -1.08. The summed E-state index contributed by atoms with van der Waals surface area (Å²) in [5.41, 5.74) is 0.474. The third kappa shape index (κ3) is 3.24. The van der Waals surface area contributed by atoms with Crippen molar-refractivity contribution in [1.29, 1.82) is 0 Å². The predicted octanol–water partition coefficient (Wildman–Crippen LogP) is 3.50. The number of hydrogen-bond donors (Lipinski definition) is 2. The molecule has 0 aliphatic heterocycles. The van der Waals surface area contributed by atoms with E-state index < -0.39 is 5.60 Å². The first-order valence-corrected chi connectivity index (χ1v) is 6.64. The summed E-state index contributed by atoms with van der Waals surface area (Å²) in [5.74, 6) is 0.860. The highest BCUT2D eigenvalue weighted by atomic mass is 35.5. The molecule has 2 aromatic carbocycles. The Hall–Kier alpha value is -1.71. The summed E-state index contributed by atoms with van der Waals surface area (Å²) >= 11 is 6.00. The highest BCUT2D eigenvalue weighted by molar-refractivity contribution is 6.30. The molecule has 0 radical (unpaired) electrons. The molecule has 0 aliphatic rings. The molecule has 1 atom stereocenters. The summed E-state index contributed by atoms with van der Waals surface area (Å²) in [5, 5.41) is 20.6. The van der Waals surface area contributed by atoms with Gasteiger partial charge in [-0.15, -0.1) is 0 Å². The Morgan fingerprint density at radius 3 is 2.40 bits per heavy atom. The zero-order valence-corrected chi connectivity index (χ0v) is 12.2. The number of phenolic OH excluding ortho intramolecular Hbond substituents is 1. The van der Waals surface area contributed by atoms with Gasteiger partial charge in [0, 0.05) is 11.4 Å². The molecule has 0 aromatic heterocycles. The van der Waals surface area contributed by atoms with Crippen LogP contribution in [0.4, 0.5) is 0 Å². The number of aromatic hydroxyl groups is 1. The molecule has 0 fully saturated rings. The molecule has 106 valence electrons. The van der Waals surface area contributed by atoms with Crippen LogP contribution in [0.15, 0.2) is 42.5 Å². The summed E-state index contributed by atoms with van der Waals surface area (Å²) in [7, 11) is 1.59. The zero-order chi connectivity index (χ0) is 14.8. The second kappa shape index (κ2) is 5.73. The van der Waals surface area contributed by atoms with Gasteiger partial charge in [-0.05, 0) is 48.4 Å². The van der Waals surface area contributed by atoms with E-state index in [0.29, 0.717) is 17.2 Å². The Morgan fingerprint density at radius 1 is 1.15 bits per heavy atom. The molecule has 0 heterocycles. The second-order valence-electron chi connectivity index (χ2n) is 4.95. The fourth-order valence-electron chi connectivity index (χ4n) is 2.18. The number of halogens is 1.